The molecule has 0 bridgehead atoms. The highest BCUT2D eigenvalue weighted by Gasteiger charge is 2.16. The van der Waals surface area contributed by atoms with Crippen molar-refractivity contribution < 1.29 is 22.7 Å². The van der Waals surface area contributed by atoms with Crippen LogP contribution in [0.5, 0.6) is 11.5 Å². The number of carbonyl (C=O) groups is 1. The summed E-state index contributed by atoms with van der Waals surface area (Å²) in [6, 6.07) is 10.6. The molecule has 0 saturated heterocycles. The predicted octanol–water partition coefficient (Wildman–Crippen LogP) is 3.21. The third kappa shape index (κ3) is 4.41. The van der Waals surface area contributed by atoms with Crippen molar-refractivity contribution in [1.82, 2.24) is 4.98 Å². The normalized spacial score (nSPS) is 10.9. The molecule has 3 aromatic rings. The molecule has 1 aromatic heterocycles. The van der Waals surface area contributed by atoms with Crippen molar-refractivity contribution in [3.05, 3.63) is 59.6 Å². The molecule has 3 rings (SSSR count). The van der Waals surface area contributed by atoms with E-state index in [0.717, 1.165) is 0 Å². The molecule has 0 aliphatic heterocycles. The summed E-state index contributed by atoms with van der Waals surface area (Å²) >= 11 is 1.18. The highest BCUT2D eigenvalue weighted by Crippen LogP contribution is 2.28. The minimum atomic E-state index is -3.74. The number of carbonyl (C=O) groups excluding carboxylic acids is 1. The van der Waals surface area contributed by atoms with Gasteiger partial charge in [0.1, 0.15) is 0 Å². The van der Waals surface area contributed by atoms with Crippen molar-refractivity contribution in [2.75, 3.05) is 24.3 Å². The summed E-state index contributed by atoms with van der Waals surface area (Å²) < 4.78 is 37.4. The van der Waals surface area contributed by atoms with Gasteiger partial charge in [-0.1, -0.05) is 0 Å². The predicted molar refractivity (Wildman–Crippen MR) is 107 cm³/mol. The molecule has 0 aliphatic rings. The molecule has 0 radical (unpaired) electrons. The largest absolute Gasteiger partial charge is 0.493 e. The van der Waals surface area contributed by atoms with Gasteiger partial charge in [0.25, 0.3) is 15.9 Å². The van der Waals surface area contributed by atoms with Crippen molar-refractivity contribution in [2.45, 2.75) is 4.90 Å². The lowest BCUT2D eigenvalue weighted by Gasteiger charge is -2.10. The molecule has 1 amide bonds. The van der Waals surface area contributed by atoms with Gasteiger partial charge in [0.15, 0.2) is 16.6 Å². The number of nitrogens with zero attached hydrogens (tertiary/aromatic N) is 1. The Labute approximate surface area is 166 Å². The van der Waals surface area contributed by atoms with Crippen LogP contribution in [0.15, 0.2) is 58.9 Å². The van der Waals surface area contributed by atoms with Crippen molar-refractivity contribution in [2.24, 2.45) is 0 Å². The lowest BCUT2D eigenvalue weighted by molar-refractivity contribution is 0.102. The topological polar surface area (TPSA) is 107 Å². The van der Waals surface area contributed by atoms with Gasteiger partial charge in [-0.25, -0.2) is 13.4 Å². The number of amides is 1. The third-order valence-electron chi connectivity index (χ3n) is 3.72. The number of hydrogen-bond acceptors (Lipinski definition) is 7. The lowest BCUT2D eigenvalue weighted by atomic mass is 10.2. The second-order valence-corrected chi connectivity index (χ2v) is 8.07. The first kappa shape index (κ1) is 19.6. The smallest absolute Gasteiger partial charge is 0.263 e. The summed E-state index contributed by atoms with van der Waals surface area (Å²) in [7, 11) is -0.747. The standard InChI is InChI=1S/C18H17N3O5S2/c1-25-15-8-3-12(11-16(15)26-2)17(22)20-13-4-6-14(7-5-13)28(23,24)21-18-19-9-10-27-18/h3-11H,1-2H3,(H,19,21)(H,20,22). The van der Waals surface area contributed by atoms with Crippen LogP contribution >= 0.6 is 11.3 Å². The minimum Gasteiger partial charge on any atom is -0.493 e. The van der Waals surface area contributed by atoms with E-state index in [-0.39, 0.29) is 15.9 Å². The molecule has 0 saturated carbocycles. The molecule has 0 aliphatic carbocycles. The highest BCUT2D eigenvalue weighted by atomic mass is 32.2. The maximum Gasteiger partial charge on any atom is 0.263 e. The van der Waals surface area contributed by atoms with Crippen LogP contribution in [0.3, 0.4) is 0 Å². The Morgan fingerprint density at radius 2 is 1.75 bits per heavy atom. The number of anilines is 2. The SMILES string of the molecule is COc1ccc(C(=O)Nc2ccc(S(=O)(=O)Nc3nccs3)cc2)cc1OC. The van der Waals surface area contributed by atoms with Crippen LogP contribution in [0, 0.1) is 0 Å². The Morgan fingerprint density at radius 1 is 1.04 bits per heavy atom. The molecule has 0 unspecified atom stereocenters. The van der Waals surface area contributed by atoms with E-state index in [9.17, 15) is 13.2 Å². The maximum absolute atomic E-state index is 12.4. The zero-order valence-electron chi connectivity index (χ0n) is 15.0. The molecular weight excluding hydrogens is 402 g/mol. The number of methoxy groups -OCH3 is 2. The van der Waals surface area contributed by atoms with Crippen molar-refractivity contribution in [1.29, 1.82) is 0 Å². The Balaban J connectivity index is 1.73. The number of aromatic nitrogens is 1. The Kier molecular flexibility index (Phi) is 5.81. The Morgan fingerprint density at radius 3 is 2.36 bits per heavy atom. The minimum absolute atomic E-state index is 0.0619. The van der Waals surface area contributed by atoms with Gasteiger partial charge in [-0.2, -0.15) is 0 Å². The number of benzene rings is 2. The maximum atomic E-state index is 12.4. The van der Waals surface area contributed by atoms with Gasteiger partial charge in [0.05, 0.1) is 19.1 Å². The average molecular weight is 419 g/mol. The number of ether oxygens (including phenoxy) is 2. The van der Waals surface area contributed by atoms with Gasteiger partial charge < -0.3 is 14.8 Å². The second-order valence-electron chi connectivity index (χ2n) is 5.49. The van der Waals surface area contributed by atoms with E-state index in [2.05, 4.69) is 15.0 Å². The molecule has 0 spiro atoms. The van der Waals surface area contributed by atoms with Crippen LogP contribution in [0.25, 0.3) is 0 Å². The van der Waals surface area contributed by atoms with Crippen LogP contribution < -0.4 is 19.5 Å². The molecule has 2 aromatic carbocycles. The van der Waals surface area contributed by atoms with Crippen molar-refractivity contribution in [3.8, 4) is 11.5 Å². The quantitative estimate of drug-likeness (QED) is 0.609. The first-order valence-electron chi connectivity index (χ1n) is 7.98. The molecule has 8 nitrogen and oxygen atoms in total. The molecule has 28 heavy (non-hydrogen) atoms. The van der Waals surface area contributed by atoms with Crippen LogP contribution in [0.2, 0.25) is 0 Å². The number of hydrogen-bond donors (Lipinski definition) is 2. The summed E-state index contributed by atoms with van der Waals surface area (Å²) in [5.74, 6) is 0.587. The number of sulfonamides is 1. The molecule has 146 valence electrons. The number of thiazole rings is 1. The zero-order chi connectivity index (χ0) is 20.1. The number of rotatable bonds is 7. The van der Waals surface area contributed by atoms with Gasteiger partial charge in [-0.15, -0.1) is 11.3 Å². The van der Waals surface area contributed by atoms with E-state index >= 15 is 0 Å². The molecular formula is C18H17N3O5S2. The first-order valence-corrected chi connectivity index (χ1v) is 10.3. The van der Waals surface area contributed by atoms with Crippen LogP contribution in [0.4, 0.5) is 10.8 Å². The van der Waals surface area contributed by atoms with E-state index in [4.69, 9.17) is 9.47 Å². The monoisotopic (exact) mass is 419 g/mol. The Bertz CT molecular complexity index is 1070. The zero-order valence-corrected chi connectivity index (χ0v) is 16.6. The lowest BCUT2D eigenvalue weighted by Crippen LogP contribution is -2.14. The summed E-state index contributed by atoms with van der Waals surface area (Å²) in [5, 5.41) is 4.66. The van der Waals surface area contributed by atoms with Crippen LogP contribution in [0.1, 0.15) is 10.4 Å². The summed E-state index contributed by atoms with van der Waals surface area (Å²) in [6.07, 6.45) is 1.51. The summed E-state index contributed by atoms with van der Waals surface area (Å²) in [5.41, 5.74) is 0.827. The van der Waals surface area contributed by atoms with Crippen LogP contribution in [-0.4, -0.2) is 33.5 Å². The molecule has 0 fully saturated rings. The van der Waals surface area contributed by atoms with Gasteiger partial charge in [-0.3, -0.25) is 9.52 Å². The van der Waals surface area contributed by atoms with Gasteiger partial charge in [0.2, 0.25) is 0 Å². The summed E-state index contributed by atoms with van der Waals surface area (Å²) in [6.45, 7) is 0. The molecule has 2 N–H and O–H groups in total. The fourth-order valence-corrected chi connectivity index (χ4v) is 4.13. The van der Waals surface area contributed by atoms with Crippen molar-refractivity contribution >= 4 is 38.1 Å². The number of nitrogens with one attached hydrogen (secondary N) is 2. The highest BCUT2D eigenvalue weighted by molar-refractivity contribution is 7.93. The third-order valence-corrected chi connectivity index (χ3v) is 5.89. The van der Waals surface area contributed by atoms with Crippen molar-refractivity contribution in [3.63, 3.8) is 0 Å². The van der Waals surface area contributed by atoms with Gasteiger partial charge >= 0.3 is 0 Å². The van der Waals surface area contributed by atoms with Gasteiger partial charge in [-0.05, 0) is 42.5 Å². The fraction of sp³-hybridized carbons (Fsp3) is 0.111. The fourth-order valence-electron chi connectivity index (χ4n) is 2.35. The molecule has 1 heterocycles. The average Bonchev–Trinajstić information content (AvgIpc) is 3.20. The second kappa shape index (κ2) is 8.28. The van der Waals surface area contributed by atoms with E-state index < -0.39 is 10.0 Å². The molecule has 10 heteroatoms. The Hall–Kier alpha value is -3.11. The van der Waals surface area contributed by atoms with E-state index in [1.807, 2.05) is 0 Å². The summed E-state index contributed by atoms with van der Waals surface area (Å²) in [4.78, 5) is 16.4. The van der Waals surface area contributed by atoms with E-state index in [1.54, 1.807) is 23.6 Å². The van der Waals surface area contributed by atoms with E-state index in [1.165, 1.54) is 56.0 Å². The molecule has 0 atom stereocenters. The van der Waals surface area contributed by atoms with Crippen LogP contribution in [-0.2, 0) is 10.0 Å². The van der Waals surface area contributed by atoms with E-state index in [0.29, 0.717) is 22.7 Å². The first-order chi connectivity index (χ1) is 13.4. The van der Waals surface area contributed by atoms with Gasteiger partial charge in [0, 0.05) is 22.8 Å².